The van der Waals surface area contributed by atoms with E-state index in [0.717, 1.165) is 0 Å². The minimum absolute atomic E-state index is 0.243. The fraction of sp³-hybridized carbons (Fsp3) is 0.500. The highest BCUT2D eigenvalue weighted by Crippen LogP contribution is 2.30. The van der Waals surface area contributed by atoms with Gasteiger partial charge in [-0.2, -0.15) is 8.78 Å². The predicted octanol–water partition coefficient (Wildman–Crippen LogP) is 2.13. The molecule has 0 saturated carbocycles. The first-order valence-electron chi connectivity index (χ1n) is 6.00. The summed E-state index contributed by atoms with van der Waals surface area (Å²) in [7, 11) is -4.63. The van der Waals surface area contributed by atoms with E-state index in [1.54, 1.807) is 11.0 Å². The smallest absolute Gasteiger partial charge is 0.341 e. The van der Waals surface area contributed by atoms with Crippen LogP contribution >= 0.6 is 11.6 Å². The SMILES string of the molecule is O=S(=O)(c1ccccc1N1CCOC(CCl)C1)C(F)F. The maximum Gasteiger partial charge on any atom is 0.341 e. The monoisotopic (exact) mass is 325 g/mol. The molecule has 0 aliphatic carbocycles. The Hall–Kier alpha value is -0.920. The summed E-state index contributed by atoms with van der Waals surface area (Å²) < 4.78 is 54.3. The first kappa shape index (κ1) is 15.5. The molecule has 1 heterocycles. The highest BCUT2D eigenvalue weighted by atomic mass is 35.5. The lowest BCUT2D eigenvalue weighted by molar-refractivity contribution is 0.0552. The molecule has 1 aromatic carbocycles. The molecule has 2 rings (SSSR count). The molecule has 0 amide bonds. The van der Waals surface area contributed by atoms with E-state index in [-0.39, 0.29) is 22.6 Å². The quantitative estimate of drug-likeness (QED) is 0.796. The van der Waals surface area contributed by atoms with Gasteiger partial charge in [-0.15, -0.1) is 11.6 Å². The molecular formula is C12H14ClF2NO3S. The summed E-state index contributed by atoms with van der Waals surface area (Å²) in [4.78, 5) is 1.36. The molecule has 0 aromatic heterocycles. The summed E-state index contributed by atoms with van der Waals surface area (Å²) in [5, 5.41) is 0. The molecule has 112 valence electrons. The van der Waals surface area contributed by atoms with Crippen molar-refractivity contribution in [2.75, 3.05) is 30.5 Å². The molecule has 0 bridgehead atoms. The van der Waals surface area contributed by atoms with E-state index >= 15 is 0 Å². The number of hydrogen-bond acceptors (Lipinski definition) is 4. The van der Waals surface area contributed by atoms with Gasteiger partial charge >= 0.3 is 5.76 Å². The number of morpholine rings is 1. The summed E-state index contributed by atoms with van der Waals surface area (Å²) in [6, 6.07) is 5.76. The van der Waals surface area contributed by atoms with Crippen LogP contribution in [0.25, 0.3) is 0 Å². The normalized spacial score (nSPS) is 20.4. The molecule has 4 nitrogen and oxygen atoms in total. The van der Waals surface area contributed by atoms with Crippen molar-refractivity contribution in [2.24, 2.45) is 0 Å². The van der Waals surface area contributed by atoms with Gasteiger partial charge in [0.15, 0.2) is 0 Å². The molecule has 1 aliphatic rings. The zero-order chi connectivity index (χ0) is 14.8. The highest BCUT2D eigenvalue weighted by molar-refractivity contribution is 7.91. The summed E-state index contributed by atoms with van der Waals surface area (Å²) in [5.41, 5.74) is 0.270. The molecule has 8 heteroatoms. The Morgan fingerprint density at radius 3 is 2.75 bits per heavy atom. The fourth-order valence-corrected chi connectivity index (χ4v) is 3.22. The van der Waals surface area contributed by atoms with E-state index in [4.69, 9.17) is 16.3 Å². The Bertz CT molecular complexity index is 568. The number of alkyl halides is 3. The van der Waals surface area contributed by atoms with Crippen LogP contribution in [0.1, 0.15) is 0 Å². The van der Waals surface area contributed by atoms with Gasteiger partial charge in [-0.1, -0.05) is 12.1 Å². The van der Waals surface area contributed by atoms with Gasteiger partial charge in [-0.05, 0) is 12.1 Å². The number of benzene rings is 1. The van der Waals surface area contributed by atoms with Gasteiger partial charge in [-0.25, -0.2) is 8.42 Å². The zero-order valence-corrected chi connectivity index (χ0v) is 12.1. The molecule has 1 fully saturated rings. The maximum absolute atomic E-state index is 12.7. The summed E-state index contributed by atoms with van der Waals surface area (Å²) in [6.45, 7) is 1.18. The largest absolute Gasteiger partial charge is 0.373 e. The molecule has 1 aromatic rings. The molecule has 0 N–H and O–H groups in total. The van der Waals surface area contributed by atoms with Crippen molar-refractivity contribution in [3.63, 3.8) is 0 Å². The molecule has 1 aliphatic heterocycles. The number of halogens is 3. The van der Waals surface area contributed by atoms with E-state index in [1.807, 2.05) is 0 Å². The zero-order valence-electron chi connectivity index (χ0n) is 10.5. The molecule has 0 radical (unpaired) electrons. The van der Waals surface area contributed by atoms with Crippen LogP contribution in [-0.4, -0.2) is 45.9 Å². The van der Waals surface area contributed by atoms with Gasteiger partial charge in [0.1, 0.15) is 0 Å². The van der Waals surface area contributed by atoms with Crippen LogP contribution in [0.5, 0.6) is 0 Å². The molecular weight excluding hydrogens is 312 g/mol. The standard InChI is InChI=1S/C12H14ClF2NO3S/c13-7-9-8-16(5-6-19-9)10-3-1-2-4-11(10)20(17,18)12(14)15/h1-4,9,12H,5-8H2. The third-order valence-corrected chi connectivity index (χ3v) is 4.83. The minimum Gasteiger partial charge on any atom is -0.373 e. The molecule has 1 atom stereocenters. The number of ether oxygens (including phenoxy) is 1. The van der Waals surface area contributed by atoms with E-state index in [2.05, 4.69) is 0 Å². The second-order valence-electron chi connectivity index (χ2n) is 4.37. The van der Waals surface area contributed by atoms with Gasteiger partial charge in [0.25, 0.3) is 0 Å². The van der Waals surface area contributed by atoms with Crippen molar-refractivity contribution >= 4 is 27.1 Å². The molecule has 1 saturated heterocycles. The second kappa shape index (κ2) is 6.24. The molecule has 0 spiro atoms. The van der Waals surface area contributed by atoms with Crippen molar-refractivity contribution in [1.82, 2.24) is 0 Å². The van der Waals surface area contributed by atoms with Crippen LogP contribution in [0.15, 0.2) is 29.2 Å². The summed E-state index contributed by atoms with van der Waals surface area (Å²) >= 11 is 5.72. The summed E-state index contributed by atoms with van der Waals surface area (Å²) in [5.74, 6) is -3.17. The van der Waals surface area contributed by atoms with Crippen LogP contribution < -0.4 is 4.90 Å². The Morgan fingerprint density at radius 1 is 1.40 bits per heavy atom. The van der Waals surface area contributed by atoms with Crippen LogP contribution in [0, 0.1) is 0 Å². The number of nitrogens with zero attached hydrogens (tertiary/aromatic N) is 1. The van der Waals surface area contributed by atoms with E-state index in [0.29, 0.717) is 19.7 Å². The van der Waals surface area contributed by atoms with E-state index < -0.39 is 15.6 Å². The number of hydrogen-bond donors (Lipinski definition) is 0. The lowest BCUT2D eigenvalue weighted by Crippen LogP contribution is -2.43. The van der Waals surface area contributed by atoms with Crippen LogP contribution in [0.4, 0.5) is 14.5 Å². The predicted molar refractivity (Wildman–Crippen MR) is 72.3 cm³/mol. The topological polar surface area (TPSA) is 46.6 Å². The average Bonchev–Trinajstić information content (AvgIpc) is 2.47. The lowest BCUT2D eigenvalue weighted by atomic mass is 10.2. The Balaban J connectivity index is 2.38. The maximum atomic E-state index is 12.7. The van der Waals surface area contributed by atoms with Crippen LogP contribution in [0.2, 0.25) is 0 Å². The average molecular weight is 326 g/mol. The van der Waals surface area contributed by atoms with Gasteiger partial charge in [-0.3, -0.25) is 0 Å². The van der Waals surface area contributed by atoms with Crippen molar-refractivity contribution in [3.05, 3.63) is 24.3 Å². The van der Waals surface area contributed by atoms with Crippen molar-refractivity contribution in [2.45, 2.75) is 16.8 Å². The van der Waals surface area contributed by atoms with E-state index in [9.17, 15) is 17.2 Å². The molecule has 20 heavy (non-hydrogen) atoms. The fourth-order valence-electron chi connectivity index (χ4n) is 2.09. The van der Waals surface area contributed by atoms with Crippen molar-refractivity contribution < 1.29 is 21.9 Å². The summed E-state index contributed by atoms with van der Waals surface area (Å²) in [6.07, 6.45) is -0.243. The Labute approximate surface area is 121 Å². The van der Waals surface area contributed by atoms with Gasteiger partial charge in [0, 0.05) is 13.1 Å². The van der Waals surface area contributed by atoms with Gasteiger partial charge in [0.05, 0.1) is 29.2 Å². The number of anilines is 1. The van der Waals surface area contributed by atoms with Crippen molar-refractivity contribution in [3.8, 4) is 0 Å². The lowest BCUT2D eigenvalue weighted by Gasteiger charge is -2.34. The van der Waals surface area contributed by atoms with Crippen LogP contribution in [-0.2, 0) is 14.6 Å². The molecule has 1 unspecified atom stereocenters. The first-order chi connectivity index (χ1) is 9.46. The van der Waals surface area contributed by atoms with Crippen LogP contribution in [0.3, 0.4) is 0 Å². The van der Waals surface area contributed by atoms with Crippen molar-refractivity contribution in [1.29, 1.82) is 0 Å². The second-order valence-corrected chi connectivity index (χ2v) is 6.56. The Morgan fingerprint density at radius 2 is 2.10 bits per heavy atom. The third-order valence-electron chi connectivity index (χ3n) is 3.06. The highest BCUT2D eigenvalue weighted by Gasteiger charge is 2.31. The van der Waals surface area contributed by atoms with Gasteiger partial charge in [0.2, 0.25) is 9.84 Å². The number of para-hydroxylation sites is 1. The number of rotatable bonds is 4. The minimum atomic E-state index is -4.63. The van der Waals surface area contributed by atoms with Gasteiger partial charge < -0.3 is 9.64 Å². The van der Waals surface area contributed by atoms with E-state index in [1.165, 1.54) is 18.2 Å². The Kier molecular flexibility index (Phi) is 4.82. The first-order valence-corrected chi connectivity index (χ1v) is 8.08. The number of sulfone groups is 1. The third kappa shape index (κ3) is 3.05.